The lowest BCUT2D eigenvalue weighted by atomic mass is 10.0. The van der Waals surface area contributed by atoms with Gasteiger partial charge in [-0.05, 0) is 37.5 Å². The van der Waals surface area contributed by atoms with Crippen LogP contribution in [0.5, 0.6) is 0 Å². The Morgan fingerprint density at radius 3 is 2.69 bits per heavy atom. The molecule has 1 atom stereocenters. The molecular weight excluding hydrogens is 222 g/mol. The SMILES string of the molecule is CCC(C)(O)CNCc1ccc(C)cc1Cl. The van der Waals surface area contributed by atoms with Crippen molar-refractivity contribution in [3.8, 4) is 0 Å². The second-order valence-electron chi connectivity index (χ2n) is 4.55. The van der Waals surface area contributed by atoms with Gasteiger partial charge in [0, 0.05) is 18.1 Å². The molecule has 1 aromatic rings. The van der Waals surface area contributed by atoms with E-state index in [0.29, 0.717) is 13.1 Å². The number of nitrogens with one attached hydrogen (secondary N) is 1. The van der Waals surface area contributed by atoms with Crippen LogP contribution in [-0.4, -0.2) is 17.3 Å². The first-order valence-electron chi connectivity index (χ1n) is 5.63. The normalized spacial score (nSPS) is 14.8. The zero-order chi connectivity index (χ0) is 12.2. The van der Waals surface area contributed by atoms with Crippen molar-refractivity contribution in [2.24, 2.45) is 0 Å². The molecule has 1 unspecified atom stereocenters. The predicted molar refractivity (Wildman–Crippen MR) is 68.8 cm³/mol. The van der Waals surface area contributed by atoms with Crippen molar-refractivity contribution >= 4 is 11.6 Å². The van der Waals surface area contributed by atoms with Crippen LogP contribution in [0.3, 0.4) is 0 Å². The molecular formula is C13H20ClNO. The van der Waals surface area contributed by atoms with E-state index in [0.717, 1.165) is 22.6 Å². The third-order valence-electron chi connectivity index (χ3n) is 2.79. The number of aliphatic hydroxyl groups is 1. The van der Waals surface area contributed by atoms with Crippen LogP contribution in [0.15, 0.2) is 18.2 Å². The largest absolute Gasteiger partial charge is 0.389 e. The molecule has 0 saturated heterocycles. The Morgan fingerprint density at radius 1 is 1.44 bits per heavy atom. The molecule has 90 valence electrons. The highest BCUT2D eigenvalue weighted by atomic mass is 35.5. The van der Waals surface area contributed by atoms with Gasteiger partial charge in [0.2, 0.25) is 0 Å². The van der Waals surface area contributed by atoms with Crippen molar-refractivity contribution in [3.63, 3.8) is 0 Å². The minimum atomic E-state index is -0.642. The summed E-state index contributed by atoms with van der Waals surface area (Å²) in [6.07, 6.45) is 0.738. The molecule has 0 aliphatic heterocycles. The first-order chi connectivity index (χ1) is 7.44. The predicted octanol–water partition coefficient (Wildman–Crippen LogP) is 2.90. The highest BCUT2D eigenvalue weighted by Crippen LogP contribution is 2.17. The van der Waals surface area contributed by atoms with Gasteiger partial charge in [0.1, 0.15) is 0 Å². The van der Waals surface area contributed by atoms with Crippen molar-refractivity contribution in [1.29, 1.82) is 0 Å². The first-order valence-corrected chi connectivity index (χ1v) is 6.00. The Morgan fingerprint density at radius 2 is 2.12 bits per heavy atom. The first kappa shape index (κ1) is 13.5. The van der Waals surface area contributed by atoms with E-state index in [9.17, 15) is 5.11 Å². The lowest BCUT2D eigenvalue weighted by Crippen LogP contribution is -2.36. The average molecular weight is 242 g/mol. The Kier molecular flexibility index (Phi) is 4.78. The molecule has 0 radical (unpaired) electrons. The molecule has 2 N–H and O–H groups in total. The molecule has 0 aliphatic rings. The summed E-state index contributed by atoms with van der Waals surface area (Å²) >= 11 is 6.11. The summed E-state index contributed by atoms with van der Waals surface area (Å²) in [6, 6.07) is 6.02. The van der Waals surface area contributed by atoms with E-state index in [4.69, 9.17) is 11.6 Å². The molecule has 0 bridgehead atoms. The fraction of sp³-hybridized carbons (Fsp3) is 0.538. The Labute approximate surface area is 103 Å². The van der Waals surface area contributed by atoms with Gasteiger partial charge in [0.15, 0.2) is 0 Å². The van der Waals surface area contributed by atoms with Gasteiger partial charge in [0.05, 0.1) is 5.60 Å². The number of aryl methyl sites for hydroxylation is 1. The smallest absolute Gasteiger partial charge is 0.0741 e. The van der Waals surface area contributed by atoms with E-state index in [1.165, 1.54) is 0 Å². The van der Waals surface area contributed by atoms with Crippen LogP contribution in [-0.2, 0) is 6.54 Å². The molecule has 1 rings (SSSR count). The monoisotopic (exact) mass is 241 g/mol. The van der Waals surface area contributed by atoms with Crippen LogP contribution in [0, 0.1) is 6.92 Å². The topological polar surface area (TPSA) is 32.3 Å². The van der Waals surface area contributed by atoms with Crippen LogP contribution in [0.2, 0.25) is 5.02 Å². The third kappa shape index (κ3) is 4.12. The summed E-state index contributed by atoms with van der Waals surface area (Å²) in [7, 11) is 0. The van der Waals surface area contributed by atoms with Crippen LogP contribution in [0.25, 0.3) is 0 Å². The maximum absolute atomic E-state index is 9.82. The molecule has 0 heterocycles. The number of hydrogen-bond donors (Lipinski definition) is 2. The van der Waals surface area contributed by atoms with Gasteiger partial charge in [-0.15, -0.1) is 0 Å². The molecule has 0 aromatic heterocycles. The second-order valence-corrected chi connectivity index (χ2v) is 4.96. The van der Waals surface area contributed by atoms with Crippen molar-refractivity contribution in [1.82, 2.24) is 5.32 Å². The van der Waals surface area contributed by atoms with Gasteiger partial charge >= 0.3 is 0 Å². The second kappa shape index (κ2) is 5.67. The van der Waals surface area contributed by atoms with E-state index >= 15 is 0 Å². The van der Waals surface area contributed by atoms with Crippen LogP contribution in [0.4, 0.5) is 0 Å². The lowest BCUT2D eigenvalue weighted by molar-refractivity contribution is 0.0555. The molecule has 3 heteroatoms. The van der Waals surface area contributed by atoms with Crippen molar-refractivity contribution < 1.29 is 5.11 Å². The van der Waals surface area contributed by atoms with Crippen LogP contribution >= 0.6 is 11.6 Å². The summed E-state index contributed by atoms with van der Waals surface area (Å²) in [5.41, 5.74) is 1.59. The molecule has 1 aromatic carbocycles. The van der Waals surface area contributed by atoms with Crippen LogP contribution < -0.4 is 5.32 Å². The van der Waals surface area contributed by atoms with Crippen molar-refractivity contribution in [2.75, 3.05) is 6.54 Å². The van der Waals surface area contributed by atoms with E-state index in [1.54, 1.807) is 0 Å². The van der Waals surface area contributed by atoms with Gasteiger partial charge in [-0.1, -0.05) is 30.7 Å². The molecule has 0 amide bonds. The maximum Gasteiger partial charge on any atom is 0.0741 e. The average Bonchev–Trinajstić information content (AvgIpc) is 2.21. The van der Waals surface area contributed by atoms with Gasteiger partial charge in [0.25, 0.3) is 0 Å². The maximum atomic E-state index is 9.82. The van der Waals surface area contributed by atoms with E-state index in [-0.39, 0.29) is 0 Å². The zero-order valence-corrected chi connectivity index (χ0v) is 10.9. The Balaban J connectivity index is 2.49. The summed E-state index contributed by atoms with van der Waals surface area (Å²) in [5, 5.41) is 13.8. The van der Waals surface area contributed by atoms with E-state index < -0.39 is 5.60 Å². The standard InChI is InChI=1S/C13H20ClNO/c1-4-13(3,16)9-15-8-11-6-5-10(2)7-12(11)14/h5-7,15-16H,4,8-9H2,1-3H3. The van der Waals surface area contributed by atoms with E-state index in [2.05, 4.69) is 5.32 Å². The molecule has 2 nitrogen and oxygen atoms in total. The third-order valence-corrected chi connectivity index (χ3v) is 3.14. The minimum absolute atomic E-state index is 0.577. The zero-order valence-electron chi connectivity index (χ0n) is 10.2. The van der Waals surface area contributed by atoms with Gasteiger partial charge in [-0.3, -0.25) is 0 Å². The number of benzene rings is 1. The van der Waals surface area contributed by atoms with Gasteiger partial charge in [-0.25, -0.2) is 0 Å². The molecule has 16 heavy (non-hydrogen) atoms. The highest BCUT2D eigenvalue weighted by molar-refractivity contribution is 6.31. The molecule has 0 saturated carbocycles. The fourth-order valence-corrected chi connectivity index (χ4v) is 1.69. The minimum Gasteiger partial charge on any atom is -0.389 e. The Hall–Kier alpha value is -0.570. The molecule has 0 aliphatic carbocycles. The quantitative estimate of drug-likeness (QED) is 0.831. The number of halogens is 1. The van der Waals surface area contributed by atoms with Crippen molar-refractivity contribution in [2.45, 2.75) is 39.3 Å². The fourth-order valence-electron chi connectivity index (χ4n) is 1.39. The summed E-state index contributed by atoms with van der Waals surface area (Å²) in [4.78, 5) is 0. The van der Waals surface area contributed by atoms with Gasteiger partial charge < -0.3 is 10.4 Å². The number of rotatable bonds is 5. The summed E-state index contributed by atoms with van der Waals surface area (Å²) in [5.74, 6) is 0. The summed E-state index contributed by atoms with van der Waals surface area (Å²) < 4.78 is 0. The van der Waals surface area contributed by atoms with Crippen molar-refractivity contribution in [3.05, 3.63) is 34.3 Å². The number of hydrogen-bond acceptors (Lipinski definition) is 2. The van der Waals surface area contributed by atoms with E-state index in [1.807, 2.05) is 39.0 Å². The molecule has 0 fully saturated rings. The van der Waals surface area contributed by atoms with Crippen LogP contribution in [0.1, 0.15) is 31.4 Å². The Bertz CT molecular complexity index is 350. The lowest BCUT2D eigenvalue weighted by Gasteiger charge is -2.21. The molecule has 0 spiro atoms. The van der Waals surface area contributed by atoms with Gasteiger partial charge in [-0.2, -0.15) is 0 Å². The highest BCUT2D eigenvalue weighted by Gasteiger charge is 2.16. The summed E-state index contributed by atoms with van der Waals surface area (Å²) in [6.45, 7) is 7.09.